The van der Waals surface area contributed by atoms with Gasteiger partial charge in [0.15, 0.2) is 0 Å². The highest BCUT2D eigenvalue weighted by molar-refractivity contribution is 7.09. The molecule has 2 aromatic rings. The van der Waals surface area contributed by atoms with Crippen molar-refractivity contribution in [3.8, 4) is 5.75 Å². The van der Waals surface area contributed by atoms with E-state index >= 15 is 0 Å². The second-order valence-corrected chi connectivity index (χ2v) is 7.63. The molecule has 2 amide bonds. The lowest BCUT2D eigenvalue weighted by atomic mass is 10.2. The van der Waals surface area contributed by atoms with Crippen molar-refractivity contribution in [1.82, 2.24) is 14.8 Å². The van der Waals surface area contributed by atoms with Crippen LogP contribution in [0.3, 0.4) is 0 Å². The third kappa shape index (κ3) is 6.05. The molecular formula is C21H25N3O4S. The van der Waals surface area contributed by atoms with Gasteiger partial charge in [-0.1, -0.05) is 12.1 Å². The molecule has 0 unspecified atom stereocenters. The zero-order chi connectivity index (χ0) is 20.6. The first-order valence-electron chi connectivity index (χ1n) is 9.57. The SMILES string of the molecule is CCOC(=O)N1CCN(C(=O)C=Cc2cccc(OCc3csc(C)n3)c2)CC1. The van der Waals surface area contributed by atoms with Gasteiger partial charge in [0, 0.05) is 37.6 Å². The van der Waals surface area contributed by atoms with Crippen molar-refractivity contribution in [2.24, 2.45) is 0 Å². The zero-order valence-electron chi connectivity index (χ0n) is 16.7. The van der Waals surface area contributed by atoms with Gasteiger partial charge in [0.05, 0.1) is 17.3 Å². The first-order valence-corrected chi connectivity index (χ1v) is 10.5. The van der Waals surface area contributed by atoms with Gasteiger partial charge in [-0.2, -0.15) is 0 Å². The number of aromatic nitrogens is 1. The largest absolute Gasteiger partial charge is 0.487 e. The van der Waals surface area contributed by atoms with E-state index in [-0.39, 0.29) is 12.0 Å². The van der Waals surface area contributed by atoms with Crippen LogP contribution in [-0.2, 0) is 16.1 Å². The Morgan fingerprint density at radius 2 is 1.97 bits per heavy atom. The van der Waals surface area contributed by atoms with E-state index in [0.29, 0.717) is 39.4 Å². The molecule has 0 spiro atoms. The van der Waals surface area contributed by atoms with Crippen LogP contribution in [-0.4, -0.2) is 59.6 Å². The first-order chi connectivity index (χ1) is 14.0. The number of carbonyl (C=O) groups excluding carboxylic acids is 2. The van der Waals surface area contributed by atoms with Gasteiger partial charge in [0.2, 0.25) is 5.91 Å². The Morgan fingerprint density at radius 1 is 1.21 bits per heavy atom. The van der Waals surface area contributed by atoms with Crippen LogP contribution in [0.5, 0.6) is 5.75 Å². The number of hydrogen-bond acceptors (Lipinski definition) is 6. The summed E-state index contributed by atoms with van der Waals surface area (Å²) in [5, 5.41) is 3.00. The van der Waals surface area contributed by atoms with Crippen molar-refractivity contribution in [3.63, 3.8) is 0 Å². The monoisotopic (exact) mass is 415 g/mol. The maximum absolute atomic E-state index is 12.4. The van der Waals surface area contributed by atoms with E-state index < -0.39 is 0 Å². The van der Waals surface area contributed by atoms with Crippen LogP contribution in [0, 0.1) is 6.92 Å². The molecule has 0 N–H and O–H groups in total. The molecule has 1 aromatic heterocycles. The van der Waals surface area contributed by atoms with E-state index in [0.717, 1.165) is 22.0 Å². The standard InChI is InChI=1S/C21H25N3O4S/c1-3-27-21(26)24-11-9-23(10-12-24)20(25)8-7-17-5-4-6-19(13-17)28-14-18-15-29-16(2)22-18/h4-8,13,15H,3,9-12,14H2,1-2H3. The fraction of sp³-hybridized carbons (Fsp3) is 0.381. The van der Waals surface area contributed by atoms with Crippen LogP contribution in [0.25, 0.3) is 6.08 Å². The van der Waals surface area contributed by atoms with Gasteiger partial charge in [-0.05, 0) is 37.6 Å². The minimum Gasteiger partial charge on any atom is -0.487 e. The van der Waals surface area contributed by atoms with Crippen molar-refractivity contribution in [2.45, 2.75) is 20.5 Å². The van der Waals surface area contributed by atoms with Crippen LogP contribution in [0.4, 0.5) is 4.79 Å². The van der Waals surface area contributed by atoms with Crippen LogP contribution in [0.1, 0.15) is 23.2 Å². The second kappa shape index (κ2) is 10.1. The molecule has 1 aliphatic rings. The molecule has 3 rings (SSSR count). The highest BCUT2D eigenvalue weighted by Crippen LogP contribution is 2.17. The van der Waals surface area contributed by atoms with E-state index in [4.69, 9.17) is 9.47 Å². The van der Waals surface area contributed by atoms with E-state index in [1.54, 1.807) is 40.2 Å². The van der Waals surface area contributed by atoms with Crippen molar-refractivity contribution >= 4 is 29.4 Å². The minimum absolute atomic E-state index is 0.0715. The number of hydrogen-bond donors (Lipinski definition) is 0. The van der Waals surface area contributed by atoms with Gasteiger partial charge in [0.25, 0.3) is 0 Å². The van der Waals surface area contributed by atoms with E-state index in [1.165, 1.54) is 0 Å². The summed E-state index contributed by atoms with van der Waals surface area (Å²) in [6.45, 7) is 6.48. The molecule has 0 saturated carbocycles. The molecule has 29 heavy (non-hydrogen) atoms. The molecule has 1 saturated heterocycles. The summed E-state index contributed by atoms with van der Waals surface area (Å²) in [6, 6.07) is 7.58. The average molecular weight is 416 g/mol. The second-order valence-electron chi connectivity index (χ2n) is 6.56. The lowest BCUT2D eigenvalue weighted by molar-refractivity contribution is -0.127. The first kappa shape index (κ1) is 20.9. The Bertz CT molecular complexity index is 872. The summed E-state index contributed by atoms with van der Waals surface area (Å²) >= 11 is 1.60. The summed E-state index contributed by atoms with van der Waals surface area (Å²) in [4.78, 5) is 31.9. The summed E-state index contributed by atoms with van der Waals surface area (Å²) < 4.78 is 10.8. The average Bonchev–Trinajstić information content (AvgIpc) is 3.16. The maximum atomic E-state index is 12.4. The Kier molecular flexibility index (Phi) is 7.24. The highest BCUT2D eigenvalue weighted by atomic mass is 32.1. The van der Waals surface area contributed by atoms with Gasteiger partial charge < -0.3 is 19.3 Å². The van der Waals surface area contributed by atoms with E-state index in [9.17, 15) is 9.59 Å². The van der Waals surface area contributed by atoms with Gasteiger partial charge in [-0.15, -0.1) is 11.3 Å². The van der Waals surface area contributed by atoms with Crippen LogP contribution >= 0.6 is 11.3 Å². The van der Waals surface area contributed by atoms with Crippen molar-refractivity contribution in [1.29, 1.82) is 0 Å². The number of amides is 2. The van der Waals surface area contributed by atoms with Crippen LogP contribution in [0.2, 0.25) is 0 Å². The van der Waals surface area contributed by atoms with Gasteiger partial charge in [0.1, 0.15) is 12.4 Å². The topological polar surface area (TPSA) is 72.0 Å². The number of rotatable bonds is 6. The molecule has 2 heterocycles. The Morgan fingerprint density at radius 3 is 2.66 bits per heavy atom. The van der Waals surface area contributed by atoms with E-state index in [2.05, 4.69) is 4.98 Å². The van der Waals surface area contributed by atoms with Gasteiger partial charge in [-0.3, -0.25) is 4.79 Å². The number of thiazole rings is 1. The minimum atomic E-state index is -0.320. The number of benzene rings is 1. The highest BCUT2D eigenvalue weighted by Gasteiger charge is 2.23. The molecule has 8 heteroatoms. The molecule has 0 radical (unpaired) electrons. The molecular weight excluding hydrogens is 390 g/mol. The fourth-order valence-electron chi connectivity index (χ4n) is 2.94. The molecule has 154 valence electrons. The summed E-state index contributed by atoms with van der Waals surface area (Å²) in [5.41, 5.74) is 1.79. The number of ether oxygens (including phenoxy) is 2. The van der Waals surface area contributed by atoms with Crippen molar-refractivity contribution < 1.29 is 19.1 Å². The molecule has 1 aromatic carbocycles. The lowest BCUT2D eigenvalue weighted by Crippen LogP contribution is -2.50. The lowest BCUT2D eigenvalue weighted by Gasteiger charge is -2.33. The summed E-state index contributed by atoms with van der Waals surface area (Å²) in [7, 11) is 0. The number of nitrogens with zero attached hydrogens (tertiary/aromatic N) is 3. The quantitative estimate of drug-likeness (QED) is 0.677. The predicted molar refractivity (Wildman–Crippen MR) is 112 cm³/mol. The van der Waals surface area contributed by atoms with Crippen molar-refractivity contribution in [2.75, 3.05) is 32.8 Å². The fourth-order valence-corrected chi connectivity index (χ4v) is 3.53. The number of aryl methyl sites for hydroxylation is 1. The summed E-state index contributed by atoms with van der Waals surface area (Å²) in [5.74, 6) is 0.658. The van der Waals surface area contributed by atoms with Crippen LogP contribution in [0.15, 0.2) is 35.7 Å². The Hall–Kier alpha value is -2.87. The smallest absolute Gasteiger partial charge is 0.409 e. The maximum Gasteiger partial charge on any atom is 0.409 e. The predicted octanol–water partition coefficient (Wildman–Crippen LogP) is 3.34. The number of carbonyl (C=O) groups is 2. The molecule has 1 fully saturated rings. The third-order valence-corrected chi connectivity index (χ3v) is 5.27. The Labute approximate surface area is 174 Å². The van der Waals surface area contributed by atoms with Crippen LogP contribution < -0.4 is 4.74 Å². The number of piperazine rings is 1. The summed E-state index contributed by atoms with van der Waals surface area (Å²) in [6.07, 6.45) is 3.02. The molecule has 0 bridgehead atoms. The van der Waals surface area contributed by atoms with Crippen molar-refractivity contribution in [3.05, 3.63) is 52.0 Å². The zero-order valence-corrected chi connectivity index (χ0v) is 17.5. The Balaban J connectivity index is 1.50. The third-order valence-electron chi connectivity index (χ3n) is 4.45. The molecule has 1 aliphatic heterocycles. The molecule has 0 atom stereocenters. The van der Waals surface area contributed by atoms with E-state index in [1.807, 2.05) is 36.6 Å². The van der Waals surface area contributed by atoms with Gasteiger partial charge in [-0.25, -0.2) is 9.78 Å². The van der Waals surface area contributed by atoms with Gasteiger partial charge >= 0.3 is 6.09 Å². The molecule has 7 nitrogen and oxygen atoms in total. The normalized spacial score (nSPS) is 14.3. The molecule has 0 aliphatic carbocycles.